The third-order valence-corrected chi connectivity index (χ3v) is 0. The van der Waals surface area contributed by atoms with Crippen molar-refractivity contribution >= 4 is 16.7 Å². The van der Waals surface area contributed by atoms with Crippen molar-refractivity contribution < 1.29 is 53.3 Å². The normalized spacial score (nSPS) is 7.89. The Morgan fingerprint density at radius 1 is 1.44 bits per heavy atom. The van der Waals surface area contributed by atoms with Gasteiger partial charge in [-0.25, -0.2) is 0 Å². The van der Waals surface area contributed by atoms with E-state index < -0.39 is 10.4 Å². The zero-order valence-electron chi connectivity index (χ0n) is 6.10. The Balaban J connectivity index is -0.0000000326. The van der Waals surface area contributed by atoms with E-state index in [1.807, 2.05) is 0 Å². The second-order valence-corrected chi connectivity index (χ2v) is 1.58. The summed E-state index contributed by atoms with van der Waals surface area (Å²) in [5.74, 6) is 0. The zero-order valence-corrected chi connectivity index (χ0v) is 7.92. The standard InChI is InChI=1S/C2H4O.Na.H2O4S.H/c1-2-3;;1-5(2,3)4;/h2H,1H3;;(H2,1,2,3,4);/q;+1;;-1. The van der Waals surface area contributed by atoms with Crippen molar-refractivity contribution in [2.75, 3.05) is 0 Å². The molecule has 52 valence electrons. The minimum absolute atomic E-state index is 0. The average molecular weight is 166 g/mol. The van der Waals surface area contributed by atoms with Crippen molar-refractivity contribution in [3.8, 4) is 0 Å². The van der Waals surface area contributed by atoms with E-state index in [4.69, 9.17) is 22.3 Å². The number of carbonyl (C=O) groups excluding carboxylic acids is 1. The first-order valence-electron chi connectivity index (χ1n) is 1.51. The summed E-state index contributed by atoms with van der Waals surface area (Å²) >= 11 is 0. The quantitative estimate of drug-likeness (QED) is 0.223. The molecule has 0 saturated heterocycles. The van der Waals surface area contributed by atoms with Crippen molar-refractivity contribution in [2.45, 2.75) is 6.92 Å². The van der Waals surface area contributed by atoms with Gasteiger partial charge in [-0.3, -0.25) is 9.11 Å². The van der Waals surface area contributed by atoms with Gasteiger partial charge < -0.3 is 6.22 Å². The maximum Gasteiger partial charge on any atom is 1.00 e. The van der Waals surface area contributed by atoms with Crippen molar-refractivity contribution in [1.82, 2.24) is 0 Å². The second-order valence-electron chi connectivity index (χ2n) is 0.684. The van der Waals surface area contributed by atoms with Crippen LogP contribution < -0.4 is 29.6 Å². The smallest absolute Gasteiger partial charge is 1.00 e. The molecule has 0 bridgehead atoms. The van der Waals surface area contributed by atoms with Gasteiger partial charge in [-0.1, -0.05) is 0 Å². The molecule has 7 heteroatoms. The summed E-state index contributed by atoms with van der Waals surface area (Å²) in [7, 11) is -4.67. The molecular formula is C2H7NaO5S. The minimum atomic E-state index is -4.67. The minimum Gasteiger partial charge on any atom is -1.00 e. The van der Waals surface area contributed by atoms with Crippen molar-refractivity contribution in [2.24, 2.45) is 0 Å². The summed E-state index contributed by atoms with van der Waals surface area (Å²) in [6.45, 7) is 1.44. The van der Waals surface area contributed by atoms with Crippen LogP contribution in [0, 0.1) is 0 Å². The largest absolute Gasteiger partial charge is 1.00 e. The van der Waals surface area contributed by atoms with Crippen LogP contribution in [0.1, 0.15) is 8.35 Å². The van der Waals surface area contributed by atoms with Crippen LogP contribution in [-0.2, 0) is 15.2 Å². The molecule has 0 aliphatic carbocycles. The summed E-state index contributed by atoms with van der Waals surface area (Å²) in [4.78, 5) is 8.81. The molecule has 0 radical (unpaired) electrons. The molecule has 0 fully saturated rings. The summed E-state index contributed by atoms with van der Waals surface area (Å²) in [6, 6.07) is 0. The van der Waals surface area contributed by atoms with E-state index in [0.29, 0.717) is 0 Å². The zero-order chi connectivity index (χ0) is 7.21. The Labute approximate surface area is 76.8 Å². The van der Waals surface area contributed by atoms with Gasteiger partial charge in [-0.15, -0.1) is 0 Å². The van der Waals surface area contributed by atoms with Gasteiger partial charge in [0.1, 0.15) is 6.29 Å². The first-order chi connectivity index (χ1) is 3.41. The van der Waals surface area contributed by atoms with E-state index in [1.54, 1.807) is 0 Å². The van der Waals surface area contributed by atoms with Crippen LogP contribution in [0.4, 0.5) is 0 Å². The van der Waals surface area contributed by atoms with Crippen molar-refractivity contribution in [3.63, 3.8) is 0 Å². The van der Waals surface area contributed by atoms with Gasteiger partial charge >= 0.3 is 40.0 Å². The Hall–Kier alpha value is 0.540. The predicted octanol–water partition coefficient (Wildman–Crippen LogP) is -3.33. The first-order valence-corrected chi connectivity index (χ1v) is 2.91. The summed E-state index contributed by atoms with van der Waals surface area (Å²) in [5, 5.41) is 0. The van der Waals surface area contributed by atoms with Crippen LogP contribution in [0.2, 0.25) is 0 Å². The van der Waals surface area contributed by atoms with Gasteiger partial charge in [-0.2, -0.15) is 8.42 Å². The molecule has 0 aromatic carbocycles. The molecule has 0 rings (SSSR count). The van der Waals surface area contributed by atoms with Crippen LogP contribution in [0.15, 0.2) is 0 Å². The number of rotatable bonds is 0. The molecule has 0 saturated carbocycles. The maximum atomic E-state index is 8.81. The van der Waals surface area contributed by atoms with Crippen molar-refractivity contribution in [1.29, 1.82) is 0 Å². The van der Waals surface area contributed by atoms with Crippen LogP contribution in [0.25, 0.3) is 0 Å². The van der Waals surface area contributed by atoms with Gasteiger partial charge in [0.25, 0.3) is 0 Å². The Morgan fingerprint density at radius 3 is 1.44 bits per heavy atom. The molecular weight excluding hydrogens is 159 g/mol. The van der Waals surface area contributed by atoms with Gasteiger partial charge in [0.05, 0.1) is 0 Å². The fourth-order valence-electron chi connectivity index (χ4n) is 0. The summed E-state index contributed by atoms with van der Waals surface area (Å²) < 4.78 is 31.6. The van der Waals surface area contributed by atoms with Gasteiger partial charge in [0.2, 0.25) is 0 Å². The van der Waals surface area contributed by atoms with E-state index in [0.717, 1.165) is 6.29 Å². The number of hydrogen-bond donors (Lipinski definition) is 2. The number of aldehydes is 1. The molecule has 0 heterocycles. The molecule has 0 unspecified atom stereocenters. The Morgan fingerprint density at radius 2 is 1.44 bits per heavy atom. The van der Waals surface area contributed by atoms with Crippen LogP contribution >= 0.6 is 0 Å². The van der Waals surface area contributed by atoms with E-state index in [1.165, 1.54) is 6.92 Å². The van der Waals surface area contributed by atoms with Gasteiger partial charge in [-0.05, 0) is 6.92 Å². The van der Waals surface area contributed by atoms with E-state index >= 15 is 0 Å². The molecule has 0 atom stereocenters. The molecule has 0 aliphatic heterocycles. The monoisotopic (exact) mass is 166 g/mol. The van der Waals surface area contributed by atoms with E-state index in [9.17, 15) is 0 Å². The maximum absolute atomic E-state index is 8.81. The molecule has 0 aliphatic rings. The van der Waals surface area contributed by atoms with Gasteiger partial charge in [0.15, 0.2) is 0 Å². The fraction of sp³-hybridized carbons (Fsp3) is 0.500. The third-order valence-electron chi connectivity index (χ3n) is 0. The molecule has 0 amide bonds. The van der Waals surface area contributed by atoms with E-state index in [-0.39, 0.29) is 31.0 Å². The number of hydrogen-bond acceptors (Lipinski definition) is 3. The second kappa shape index (κ2) is 8.54. The van der Waals surface area contributed by atoms with Crippen LogP contribution in [-0.4, -0.2) is 23.8 Å². The summed E-state index contributed by atoms with van der Waals surface area (Å²) in [5.41, 5.74) is 0. The summed E-state index contributed by atoms with van der Waals surface area (Å²) in [6.07, 6.45) is 0.750. The predicted molar refractivity (Wildman–Crippen MR) is 27.0 cm³/mol. The molecule has 5 nitrogen and oxygen atoms in total. The molecule has 0 aromatic rings. The van der Waals surface area contributed by atoms with Crippen molar-refractivity contribution in [3.05, 3.63) is 0 Å². The topological polar surface area (TPSA) is 91.7 Å². The molecule has 9 heavy (non-hydrogen) atoms. The Bertz CT molecular complexity index is 134. The average Bonchev–Trinajstić information content (AvgIpc) is 1.27. The molecule has 0 aromatic heterocycles. The SMILES string of the molecule is CC=O.O=S(=O)(O)O.[H-].[Na+]. The van der Waals surface area contributed by atoms with Crippen LogP contribution in [0.3, 0.4) is 0 Å². The third kappa shape index (κ3) is 1250. The fourth-order valence-corrected chi connectivity index (χ4v) is 0. The van der Waals surface area contributed by atoms with Crippen LogP contribution in [0.5, 0.6) is 0 Å². The molecule has 0 spiro atoms. The van der Waals surface area contributed by atoms with E-state index in [2.05, 4.69) is 0 Å². The number of carbonyl (C=O) groups is 1. The Kier molecular flexibility index (Phi) is 15.4. The first kappa shape index (κ1) is 16.3. The molecule has 2 N–H and O–H groups in total. The van der Waals surface area contributed by atoms with Gasteiger partial charge in [0, 0.05) is 0 Å².